The normalized spacial score (nSPS) is 12.4. The summed E-state index contributed by atoms with van der Waals surface area (Å²) in [6.07, 6.45) is 0.866. The maximum absolute atomic E-state index is 6.18. The molecule has 2 aromatic rings. The molecule has 2 aromatic carbocycles. The Balaban J connectivity index is 2.13. The third kappa shape index (κ3) is 4.93. The van der Waals surface area contributed by atoms with Crippen LogP contribution in [0.25, 0.3) is 11.1 Å². The number of ether oxygens (including phenoxy) is 2. The molecule has 0 bridgehead atoms. The lowest BCUT2D eigenvalue weighted by atomic mass is 9.93. The Bertz CT molecular complexity index is 654. The number of methoxy groups -OCH3 is 1. The second kappa shape index (κ2) is 7.50. The number of hydrogen-bond acceptors (Lipinski definition) is 2. The highest BCUT2D eigenvalue weighted by Gasteiger charge is 2.24. The Morgan fingerprint density at radius 2 is 1.54 bits per heavy atom. The molecule has 24 heavy (non-hydrogen) atoms. The third-order valence-corrected chi connectivity index (χ3v) is 4.66. The van der Waals surface area contributed by atoms with Gasteiger partial charge in [-0.05, 0) is 63.8 Å². The molecular weight excluding hydrogens is 296 g/mol. The molecule has 0 saturated carbocycles. The SMILES string of the molecule is COC(C)(C)CCOC(C)(C)c1cccc(-c2ccc(C)cc2)c1. The summed E-state index contributed by atoms with van der Waals surface area (Å²) in [6.45, 7) is 11.2. The van der Waals surface area contributed by atoms with Crippen molar-refractivity contribution in [3.63, 3.8) is 0 Å². The quantitative estimate of drug-likeness (QED) is 0.647. The molecule has 0 atom stereocenters. The third-order valence-electron chi connectivity index (χ3n) is 4.66. The highest BCUT2D eigenvalue weighted by Crippen LogP contribution is 2.30. The molecule has 0 radical (unpaired) electrons. The largest absolute Gasteiger partial charge is 0.379 e. The van der Waals surface area contributed by atoms with Crippen LogP contribution in [0.2, 0.25) is 0 Å². The summed E-state index contributed by atoms with van der Waals surface area (Å²) in [5, 5.41) is 0. The Kier molecular flexibility index (Phi) is 5.84. The van der Waals surface area contributed by atoms with E-state index in [0.29, 0.717) is 6.61 Å². The van der Waals surface area contributed by atoms with Gasteiger partial charge in [0.15, 0.2) is 0 Å². The summed E-state index contributed by atoms with van der Waals surface area (Å²) in [5.41, 5.74) is 4.44. The van der Waals surface area contributed by atoms with E-state index in [1.165, 1.54) is 22.3 Å². The van der Waals surface area contributed by atoms with E-state index >= 15 is 0 Å². The van der Waals surface area contributed by atoms with Crippen molar-refractivity contribution in [2.45, 2.75) is 52.2 Å². The summed E-state index contributed by atoms with van der Waals surface area (Å²) in [5.74, 6) is 0. The van der Waals surface area contributed by atoms with Crippen LogP contribution < -0.4 is 0 Å². The van der Waals surface area contributed by atoms with E-state index in [1.807, 2.05) is 0 Å². The van der Waals surface area contributed by atoms with Crippen molar-refractivity contribution in [2.75, 3.05) is 13.7 Å². The second-order valence-electron chi connectivity index (χ2n) is 7.52. The zero-order valence-electron chi connectivity index (χ0n) is 15.8. The van der Waals surface area contributed by atoms with Gasteiger partial charge in [0.1, 0.15) is 0 Å². The van der Waals surface area contributed by atoms with Crippen LogP contribution in [0.15, 0.2) is 48.5 Å². The summed E-state index contributed by atoms with van der Waals surface area (Å²) in [7, 11) is 1.75. The highest BCUT2D eigenvalue weighted by atomic mass is 16.5. The van der Waals surface area contributed by atoms with E-state index in [-0.39, 0.29) is 11.2 Å². The number of benzene rings is 2. The van der Waals surface area contributed by atoms with Crippen LogP contribution in [0, 0.1) is 6.92 Å². The summed E-state index contributed by atoms with van der Waals surface area (Å²) >= 11 is 0. The zero-order valence-corrected chi connectivity index (χ0v) is 15.8. The number of aryl methyl sites for hydroxylation is 1. The first-order valence-electron chi connectivity index (χ1n) is 8.60. The molecule has 0 spiro atoms. The molecule has 130 valence electrons. The van der Waals surface area contributed by atoms with Crippen LogP contribution in [0.4, 0.5) is 0 Å². The van der Waals surface area contributed by atoms with Gasteiger partial charge in [0.2, 0.25) is 0 Å². The molecule has 2 rings (SSSR count). The predicted octanol–water partition coefficient (Wildman–Crippen LogP) is 5.73. The minimum absolute atomic E-state index is 0.153. The molecular formula is C22H30O2. The van der Waals surface area contributed by atoms with Crippen LogP contribution in [0.1, 0.15) is 45.2 Å². The number of rotatable bonds is 7. The van der Waals surface area contributed by atoms with E-state index in [2.05, 4.69) is 83.1 Å². The molecule has 2 heteroatoms. The first-order chi connectivity index (χ1) is 11.2. The molecule has 0 heterocycles. The standard InChI is InChI=1S/C22H30O2/c1-17-10-12-18(13-11-17)19-8-7-9-20(16-19)22(4,5)24-15-14-21(2,3)23-6/h7-13,16H,14-15H2,1-6H3. The van der Waals surface area contributed by atoms with Crippen LogP contribution >= 0.6 is 0 Å². The van der Waals surface area contributed by atoms with Crippen molar-refractivity contribution >= 4 is 0 Å². The molecule has 0 aliphatic heterocycles. The monoisotopic (exact) mass is 326 g/mol. The predicted molar refractivity (Wildman–Crippen MR) is 101 cm³/mol. The van der Waals surface area contributed by atoms with Gasteiger partial charge in [-0.3, -0.25) is 0 Å². The maximum Gasteiger partial charge on any atom is 0.0875 e. The van der Waals surface area contributed by atoms with Crippen LogP contribution in [0.5, 0.6) is 0 Å². The Morgan fingerprint density at radius 1 is 0.875 bits per heavy atom. The fourth-order valence-electron chi connectivity index (χ4n) is 2.56. The van der Waals surface area contributed by atoms with Crippen molar-refractivity contribution in [3.8, 4) is 11.1 Å². The van der Waals surface area contributed by atoms with Crippen molar-refractivity contribution in [1.29, 1.82) is 0 Å². The average Bonchev–Trinajstić information content (AvgIpc) is 2.55. The van der Waals surface area contributed by atoms with E-state index in [4.69, 9.17) is 9.47 Å². The van der Waals surface area contributed by atoms with Crippen LogP contribution in [0.3, 0.4) is 0 Å². The fourth-order valence-corrected chi connectivity index (χ4v) is 2.56. The minimum atomic E-state index is -0.329. The van der Waals surface area contributed by atoms with Crippen molar-refractivity contribution < 1.29 is 9.47 Å². The maximum atomic E-state index is 6.18. The molecule has 0 aromatic heterocycles. The van der Waals surface area contributed by atoms with Gasteiger partial charge >= 0.3 is 0 Å². The molecule has 0 aliphatic carbocycles. The topological polar surface area (TPSA) is 18.5 Å². The lowest BCUT2D eigenvalue weighted by Gasteiger charge is -2.29. The smallest absolute Gasteiger partial charge is 0.0875 e. The zero-order chi connectivity index (χ0) is 17.8. The van der Waals surface area contributed by atoms with Gasteiger partial charge in [-0.25, -0.2) is 0 Å². The van der Waals surface area contributed by atoms with Crippen molar-refractivity contribution in [2.24, 2.45) is 0 Å². The molecule has 0 N–H and O–H groups in total. The highest BCUT2D eigenvalue weighted by molar-refractivity contribution is 5.64. The van der Waals surface area contributed by atoms with Gasteiger partial charge < -0.3 is 9.47 Å². The minimum Gasteiger partial charge on any atom is -0.379 e. The summed E-state index contributed by atoms with van der Waals surface area (Å²) in [4.78, 5) is 0. The first kappa shape index (κ1) is 18.7. The van der Waals surface area contributed by atoms with Crippen LogP contribution in [-0.4, -0.2) is 19.3 Å². The number of hydrogen-bond donors (Lipinski definition) is 0. The summed E-state index contributed by atoms with van der Waals surface area (Å²) in [6, 6.07) is 17.3. The molecule has 0 saturated heterocycles. The second-order valence-corrected chi connectivity index (χ2v) is 7.52. The molecule has 0 amide bonds. The van der Waals surface area contributed by atoms with Gasteiger partial charge in [0.05, 0.1) is 17.8 Å². The van der Waals surface area contributed by atoms with Gasteiger partial charge in [0, 0.05) is 7.11 Å². The fraction of sp³-hybridized carbons (Fsp3) is 0.455. The molecule has 0 aliphatic rings. The molecule has 0 fully saturated rings. The van der Waals surface area contributed by atoms with Crippen molar-refractivity contribution in [1.82, 2.24) is 0 Å². The van der Waals surface area contributed by atoms with E-state index in [9.17, 15) is 0 Å². The van der Waals surface area contributed by atoms with E-state index in [1.54, 1.807) is 7.11 Å². The van der Waals surface area contributed by atoms with Crippen molar-refractivity contribution in [3.05, 3.63) is 59.7 Å². The first-order valence-corrected chi connectivity index (χ1v) is 8.60. The Hall–Kier alpha value is -1.64. The van der Waals surface area contributed by atoms with Gasteiger partial charge in [-0.1, -0.05) is 48.0 Å². The van der Waals surface area contributed by atoms with Crippen LogP contribution in [-0.2, 0) is 15.1 Å². The Morgan fingerprint density at radius 3 is 2.17 bits per heavy atom. The summed E-state index contributed by atoms with van der Waals surface area (Å²) < 4.78 is 11.6. The molecule has 0 unspecified atom stereocenters. The van der Waals surface area contributed by atoms with E-state index in [0.717, 1.165) is 6.42 Å². The van der Waals surface area contributed by atoms with Gasteiger partial charge in [0.25, 0.3) is 0 Å². The molecule has 2 nitrogen and oxygen atoms in total. The van der Waals surface area contributed by atoms with Gasteiger partial charge in [-0.2, -0.15) is 0 Å². The Labute approximate surface area is 146 Å². The lowest BCUT2D eigenvalue weighted by Crippen LogP contribution is -2.28. The van der Waals surface area contributed by atoms with Gasteiger partial charge in [-0.15, -0.1) is 0 Å². The van der Waals surface area contributed by atoms with E-state index < -0.39 is 0 Å². The lowest BCUT2D eigenvalue weighted by molar-refractivity contribution is -0.0609. The average molecular weight is 326 g/mol.